The van der Waals surface area contributed by atoms with Gasteiger partial charge in [0, 0.05) is 41.5 Å². The van der Waals surface area contributed by atoms with Crippen LogP contribution in [-0.4, -0.2) is 36.6 Å². The molecule has 29 heavy (non-hydrogen) atoms. The third-order valence-corrected chi connectivity index (χ3v) is 8.14. The third kappa shape index (κ3) is 5.14. The fourth-order valence-corrected chi connectivity index (χ4v) is 5.99. The fourth-order valence-electron chi connectivity index (χ4n) is 2.99. The van der Waals surface area contributed by atoms with Crippen molar-refractivity contribution in [1.82, 2.24) is 9.21 Å². The molecular formula is C21H24N2O3S3. The number of sulfonamides is 1. The Balaban J connectivity index is 1.87. The maximum absolute atomic E-state index is 13.4. The van der Waals surface area contributed by atoms with Crippen LogP contribution in [0.5, 0.6) is 0 Å². The van der Waals surface area contributed by atoms with Gasteiger partial charge in [0.1, 0.15) is 0 Å². The van der Waals surface area contributed by atoms with Crippen LogP contribution in [0.1, 0.15) is 34.0 Å². The van der Waals surface area contributed by atoms with Gasteiger partial charge in [-0.15, -0.1) is 22.7 Å². The second-order valence-electron chi connectivity index (χ2n) is 6.43. The average molecular weight is 449 g/mol. The van der Waals surface area contributed by atoms with Crippen LogP contribution in [0.15, 0.2) is 64.2 Å². The van der Waals surface area contributed by atoms with Gasteiger partial charge in [0.2, 0.25) is 10.0 Å². The Morgan fingerprint density at radius 2 is 1.38 bits per heavy atom. The molecule has 8 heteroatoms. The topological polar surface area (TPSA) is 57.7 Å². The molecule has 0 atom stereocenters. The van der Waals surface area contributed by atoms with Crippen molar-refractivity contribution >= 4 is 38.6 Å². The molecule has 3 rings (SSSR count). The van der Waals surface area contributed by atoms with E-state index in [-0.39, 0.29) is 10.8 Å². The number of carbonyl (C=O) groups is 1. The molecule has 0 unspecified atom stereocenters. The van der Waals surface area contributed by atoms with Crippen LogP contribution in [0.4, 0.5) is 0 Å². The highest BCUT2D eigenvalue weighted by Crippen LogP contribution is 2.25. The molecule has 1 amide bonds. The van der Waals surface area contributed by atoms with E-state index in [1.54, 1.807) is 17.0 Å². The SMILES string of the molecule is CCN(CC)C(=O)c1ccc(S(=O)(=O)N(Cc2cccs2)Cc2cccs2)cc1. The van der Waals surface area contributed by atoms with E-state index in [0.717, 1.165) is 9.75 Å². The summed E-state index contributed by atoms with van der Waals surface area (Å²) >= 11 is 3.07. The molecule has 0 aliphatic rings. The maximum atomic E-state index is 13.4. The van der Waals surface area contributed by atoms with Gasteiger partial charge in [0.05, 0.1) is 4.90 Å². The first-order valence-corrected chi connectivity index (χ1v) is 12.6. The van der Waals surface area contributed by atoms with Gasteiger partial charge < -0.3 is 4.90 Å². The van der Waals surface area contributed by atoms with E-state index in [9.17, 15) is 13.2 Å². The summed E-state index contributed by atoms with van der Waals surface area (Å²) in [5.74, 6) is -0.0898. The monoisotopic (exact) mass is 448 g/mol. The van der Waals surface area contributed by atoms with Crippen molar-refractivity contribution in [3.8, 4) is 0 Å². The lowest BCUT2D eigenvalue weighted by atomic mass is 10.2. The minimum absolute atomic E-state index is 0.0898. The first-order valence-electron chi connectivity index (χ1n) is 9.40. The Kier molecular flexibility index (Phi) is 7.23. The Morgan fingerprint density at radius 3 is 1.79 bits per heavy atom. The molecule has 154 valence electrons. The molecule has 0 N–H and O–H groups in total. The summed E-state index contributed by atoms with van der Waals surface area (Å²) < 4.78 is 28.2. The predicted molar refractivity (Wildman–Crippen MR) is 119 cm³/mol. The summed E-state index contributed by atoms with van der Waals surface area (Å²) in [5, 5.41) is 3.89. The molecule has 0 aliphatic heterocycles. The first kappa shape index (κ1) is 21.7. The van der Waals surface area contributed by atoms with Crippen molar-refractivity contribution in [1.29, 1.82) is 0 Å². The quantitative estimate of drug-likeness (QED) is 0.477. The average Bonchev–Trinajstić information content (AvgIpc) is 3.43. The van der Waals surface area contributed by atoms with Crippen molar-refractivity contribution in [2.24, 2.45) is 0 Å². The lowest BCUT2D eigenvalue weighted by Gasteiger charge is -2.22. The standard InChI is InChI=1S/C21H24N2O3S3/c1-3-22(4-2)21(24)17-9-11-20(12-10-17)29(25,26)23(15-18-7-5-13-27-18)16-19-8-6-14-28-19/h5-14H,3-4,15-16H2,1-2H3. The Morgan fingerprint density at radius 1 is 0.862 bits per heavy atom. The minimum Gasteiger partial charge on any atom is -0.339 e. The van der Waals surface area contributed by atoms with Crippen molar-refractivity contribution in [3.63, 3.8) is 0 Å². The van der Waals surface area contributed by atoms with Crippen LogP contribution in [-0.2, 0) is 23.1 Å². The Labute approximate surface area is 180 Å². The van der Waals surface area contributed by atoms with Crippen LogP contribution in [0.2, 0.25) is 0 Å². The molecule has 0 fully saturated rings. The molecule has 5 nitrogen and oxygen atoms in total. The second kappa shape index (κ2) is 9.67. The van der Waals surface area contributed by atoms with E-state index >= 15 is 0 Å². The lowest BCUT2D eigenvalue weighted by molar-refractivity contribution is 0.0773. The fraction of sp³-hybridized carbons (Fsp3) is 0.286. The van der Waals surface area contributed by atoms with E-state index < -0.39 is 10.0 Å². The molecule has 1 aromatic carbocycles. The van der Waals surface area contributed by atoms with Gasteiger partial charge in [-0.05, 0) is 61.0 Å². The number of hydrogen-bond acceptors (Lipinski definition) is 5. The van der Waals surface area contributed by atoms with Crippen molar-refractivity contribution in [2.45, 2.75) is 31.8 Å². The molecule has 0 spiro atoms. The zero-order valence-electron chi connectivity index (χ0n) is 16.4. The van der Waals surface area contributed by atoms with Gasteiger partial charge in [-0.3, -0.25) is 4.79 Å². The molecule has 0 bridgehead atoms. The number of hydrogen-bond donors (Lipinski definition) is 0. The number of nitrogens with zero attached hydrogens (tertiary/aromatic N) is 2. The zero-order valence-corrected chi connectivity index (χ0v) is 18.9. The summed E-state index contributed by atoms with van der Waals surface area (Å²) in [7, 11) is -3.71. The third-order valence-electron chi connectivity index (χ3n) is 4.61. The van der Waals surface area contributed by atoms with Gasteiger partial charge in [0.15, 0.2) is 0 Å². The van der Waals surface area contributed by atoms with Crippen molar-refractivity contribution in [3.05, 3.63) is 74.6 Å². The molecule has 0 saturated heterocycles. The van der Waals surface area contributed by atoms with Gasteiger partial charge in [0.25, 0.3) is 5.91 Å². The van der Waals surface area contributed by atoms with Gasteiger partial charge in [-0.1, -0.05) is 12.1 Å². The Hall–Kier alpha value is -2.00. The van der Waals surface area contributed by atoms with E-state index in [0.29, 0.717) is 31.7 Å². The summed E-state index contributed by atoms with van der Waals surface area (Å²) in [6, 6.07) is 14.0. The highest BCUT2D eigenvalue weighted by Gasteiger charge is 2.26. The Bertz CT molecular complexity index is 972. The molecule has 3 aromatic rings. The summed E-state index contributed by atoms with van der Waals surface area (Å²) in [6.07, 6.45) is 0. The first-order chi connectivity index (χ1) is 14.0. The molecule has 0 saturated carbocycles. The van der Waals surface area contributed by atoms with Crippen molar-refractivity contribution in [2.75, 3.05) is 13.1 Å². The van der Waals surface area contributed by atoms with Crippen LogP contribution in [0.3, 0.4) is 0 Å². The molecule has 0 radical (unpaired) electrons. The summed E-state index contributed by atoms with van der Waals surface area (Å²) in [6.45, 7) is 5.71. The van der Waals surface area contributed by atoms with Crippen LogP contribution in [0, 0.1) is 0 Å². The number of rotatable bonds is 9. The molecule has 0 aliphatic carbocycles. The zero-order chi connectivity index (χ0) is 20.9. The molecule has 2 aromatic heterocycles. The molecule has 2 heterocycles. The minimum atomic E-state index is -3.71. The van der Waals surface area contributed by atoms with Crippen LogP contribution in [0.25, 0.3) is 0 Å². The normalized spacial score (nSPS) is 11.7. The van der Waals surface area contributed by atoms with Gasteiger partial charge >= 0.3 is 0 Å². The summed E-state index contributed by atoms with van der Waals surface area (Å²) in [4.78, 5) is 16.4. The van der Waals surface area contributed by atoms with E-state index in [1.165, 1.54) is 39.1 Å². The van der Waals surface area contributed by atoms with Crippen molar-refractivity contribution < 1.29 is 13.2 Å². The van der Waals surface area contributed by atoms with Crippen LogP contribution >= 0.6 is 22.7 Å². The number of benzene rings is 1. The van der Waals surface area contributed by atoms with E-state index in [1.807, 2.05) is 48.9 Å². The number of thiophene rings is 2. The predicted octanol–water partition coefficient (Wildman–Crippen LogP) is 4.68. The summed E-state index contributed by atoms with van der Waals surface area (Å²) in [5.41, 5.74) is 0.496. The lowest BCUT2D eigenvalue weighted by Crippen LogP contribution is -2.31. The molecular weight excluding hydrogens is 424 g/mol. The van der Waals surface area contributed by atoms with Gasteiger partial charge in [-0.2, -0.15) is 4.31 Å². The highest BCUT2D eigenvalue weighted by atomic mass is 32.2. The number of amides is 1. The maximum Gasteiger partial charge on any atom is 0.253 e. The van der Waals surface area contributed by atoms with Crippen LogP contribution < -0.4 is 0 Å². The largest absolute Gasteiger partial charge is 0.339 e. The number of carbonyl (C=O) groups excluding carboxylic acids is 1. The smallest absolute Gasteiger partial charge is 0.253 e. The van der Waals surface area contributed by atoms with E-state index in [2.05, 4.69) is 0 Å². The highest BCUT2D eigenvalue weighted by molar-refractivity contribution is 7.89. The van der Waals surface area contributed by atoms with Gasteiger partial charge in [-0.25, -0.2) is 8.42 Å². The van der Waals surface area contributed by atoms with E-state index in [4.69, 9.17) is 0 Å². The second-order valence-corrected chi connectivity index (χ2v) is 10.4.